The predicted octanol–water partition coefficient (Wildman–Crippen LogP) is 3.41. The van der Waals surface area contributed by atoms with Crippen molar-refractivity contribution in [1.82, 2.24) is 20.5 Å². The number of nitrogens with zero attached hydrogens (tertiary/aromatic N) is 3. The lowest BCUT2D eigenvalue weighted by Gasteiger charge is -2.30. The van der Waals surface area contributed by atoms with E-state index in [1.165, 1.54) is 44.5 Å². The van der Waals surface area contributed by atoms with Gasteiger partial charge in [0.2, 0.25) is 5.91 Å². The molecule has 2 aromatic rings. The summed E-state index contributed by atoms with van der Waals surface area (Å²) < 4.78 is 10.6. The summed E-state index contributed by atoms with van der Waals surface area (Å²) in [5, 5.41) is 11.4. The number of hydrogen-bond donors (Lipinski definition) is 1. The molecule has 0 radical (unpaired) electrons. The van der Waals surface area contributed by atoms with Crippen LogP contribution in [0.3, 0.4) is 0 Å². The van der Waals surface area contributed by atoms with Crippen LogP contribution in [0.1, 0.15) is 68.4 Å². The van der Waals surface area contributed by atoms with E-state index in [-0.39, 0.29) is 17.7 Å². The highest BCUT2D eigenvalue weighted by Gasteiger charge is 2.62. The van der Waals surface area contributed by atoms with Gasteiger partial charge >= 0.3 is 0 Å². The van der Waals surface area contributed by atoms with E-state index in [4.69, 9.17) is 9.05 Å². The molecule has 0 unspecified atom stereocenters. The lowest BCUT2D eigenvalue weighted by molar-refractivity contribution is -0.121. The van der Waals surface area contributed by atoms with Gasteiger partial charge in [-0.25, -0.2) is 0 Å². The first-order chi connectivity index (χ1) is 15.0. The first kappa shape index (κ1) is 20.7. The van der Waals surface area contributed by atoms with Crippen LogP contribution in [0.4, 0.5) is 0 Å². The molecule has 0 aromatic carbocycles. The van der Waals surface area contributed by atoms with Gasteiger partial charge in [0.15, 0.2) is 0 Å². The zero-order chi connectivity index (χ0) is 21.4. The summed E-state index contributed by atoms with van der Waals surface area (Å²) in [4.78, 5) is 14.9. The van der Waals surface area contributed by atoms with Crippen LogP contribution in [0.2, 0.25) is 0 Å². The third-order valence-corrected chi connectivity index (χ3v) is 7.71. The molecule has 3 heterocycles. The molecule has 0 bridgehead atoms. The Labute approximate surface area is 183 Å². The molecule has 1 aliphatic heterocycles. The van der Waals surface area contributed by atoms with Crippen molar-refractivity contribution in [3.63, 3.8) is 0 Å². The molecule has 2 atom stereocenters. The third-order valence-electron chi connectivity index (χ3n) is 7.71. The lowest BCUT2D eigenvalue weighted by Crippen LogP contribution is -2.39. The molecule has 2 aromatic heterocycles. The molecule has 2 saturated carbocycles. The fourth-order valence-corrected chi connectivity index (χ4v) is 5.77. The van der Waals surface area contributed by atoms with Crippen LogP contribution in [0.15, 0.2) is 21.2 Å². The standard InChI is InChI=1S/C24H34N4O3/c1-3-20-11-22(27-30-20)24-13-18(24)14-28(15-24)9-8-17-4-6-19(7-5-17)25-23(29)12-21-10-16(2)26-31-21/h10-11,17-19H,3-9,12-15H2,1-2H3,(H,25,29)/t17-,18-,19-,24-/m0/s1. The highest BCUT2D eigenvalue weighted by Crippen LogP contribution is 2.58. The number of hydrogen-bond acceptors (Lipinski definition) is 6. The number of aryl methyl sites for hydroxylation is 2. The number of amides is 1. The van der Waals surface area contributed by atoms with Crippen molar-refractivity contribution in [1.29, 1.82) is 0 Å². The molecular weight excluding hydrogens is 392 g/mol. The van der Waals surface area contributed by atoms with E-state index >= 15 is 0 Å². The first-order valence-electron chi connectivity index (χ1n) is 11.9. The topological polar surface area (TPSA) is 84.4 Å². The van der Waals surface area contributed by atoms with Crippen molar-refractivity contribution in [2.45, 2.75) is 76.7 Å². The Hall–Kier alpha value is -2.15. The average molecular weight is 427 g/mol. The Morgan fingerprint density at radius 2 is 2.00 bits per heavy atom. The van der Waals surface area contributed by atoms with Crippen LogP contribution in [0, 0.1) is 18.8 Å². The van der Waals surface area contributed by atoms with Gasteiger partial charge in [0.25, 0.3) is 0 Å². The van der Waals surface area contributed by atoms with Crippen LogP contribution < -0.4 is 5.32 Å². The SMILES string of the molecule is CCc1cc([C@]23C[C@H]2CN(CC[C@H]2CC[C@H](NC(=O)Cc4cc(C)no4)CC2)C3)no1. The fourth-order valence-electron chi connectivity index (χ4n) is 5.77. The highest BCUT2D eigenvalue weighted by atomic mass is 16.5. The number of carbonyl (C=O) groups excluding carboxylic acids is 1. The van der Waals surface area contributed by atoms with Crippen molar-refractivity contribution in [2.75, 3.05) is 19.6 Å². The number of aromatic nitrogens is 2. The van der Waals surface area contributed by atoms with Crippen molar-refractivity contribution in [3.05, 3.63) is 35.0 Å². The second-order valence-electron chi connectivity index (χ2n) is 10.0. The van der Waals surface area contributed by atoms with Gasteiger partial charge in [0.1, 0.15) is 11.5 Å². The summed E-state index contributed by atoms with van der Waals surface area (Å²) in [6.45, 7) is 7.52. The quantitative estimate of drug-likeness (QED) is 0.696. The maximum Gasteiger partial charge on any atom is 0.227 e. The molecule has 3 fully saturated rings. The van der Waals surface area contributed by atoms with Crippen molar-refractivity contribution < 1.29 is 13.8 Å². The summed E-state index contributed by atoms with van der Waals surface area (Å²) in [6, 6.07) is 4.31. The largest absolute Gasteiger partial charge is 0.361 e. The first-order valence-corrected chi connectivity index (χ1v) is 11.9. The Kier molecular flexibility index (Phi) is 5.63. The Balaban J connectivity index is 1.02. The van der Waals surface area contributed by atoms with Gasteiger partial charge in [-0.2, -0.15) is 0 Å². The second-order valence-corrected chi connectivity index (χ2v) is 10.0. The van der Waals surface area contributed by atoms with E-state index in [9.17, 15) is 4.79 Å². The van der Waals surface area contributed by atoms with Gasteiger partial charge in [-0.1, -0.05) is 17.2 Å². The van der Waals surface area contributed by atoms with Crippen LogP contribution in [-0.4, -0.2) is 46.8 Å². The van der Waals surface area contributed by atoms with E-state index in [1.54, 1.807) is 0 Å². The summed E-state index contributed by atoms with van der Waals surface area (Å²) in [7, 11) is 0. The summed E-state index contributed by atoms with van der Waals surface area (Å²) in [6.07, 6.45) is 8.31. The number of fused-ring (bicyclic) bond motifs is 1. The van der Waals surface area contributed by atoms with Crippen molar-refractivity contribution in [3.8, 4) is 0 Å². The van der Waals surface area contributed by atoms with Gasteiger partial charge in [0, 0.05) is 43.1 Å². The maximum absolute atomic E-state index is 12.3. The molecule has 168 valence electrons. The van der Waals surface area contributed by atoms with Crippen LogP contribution in [0.25, 0.3) is 0 Å². The van der Waals surface area contributed by atoms with Gasteiger partial charge in [0.05, 0.1) is 17.8 Å². The Morgan fingerprint density at radius 3 is 2.71 bits per heavy atom. The minimum Gasteiger partial charge on any atom is -0.361 e. The predicted molar refractivity (Wildman–Crippen MR) is 116 cm³/mol. The second kappa shape index (κ2) is 8.41. The van der Waals surface area contributed by atoms with Crippen LogP contribution in [0.5, 0.6) is 0 Å². The van der Waals surface area contributed by atoms with Crippen LogP contribution in [-0.2, 0) is 23.1 Å². The number of nitrogens with one attached hydrogen (secondary N) is 1. The minimum atomic E-state index is 0.0419. The zero-order valence-electron chi connectivity index (χ0n) is 18.7. The van der Waals surface area contributed by atoms with Gasteiger partial charge < -0.3 is 19.3 Å². The molecule has 2 aliphatic carbocycles. The van der Waals surface area contributed by atoms with Crippen molar-refractivity contribution >= 4 is 5.91 Å². The van der Waals surface area contributed by atoms with E-state index < -0.39 is 0 Å². The van der Waals surface area contributed by atoms with E-state index in [0.29, 0.717) is 11.8 Å². The third kappa shape index (κ3) is 4.43. The molecule has 1 amide bonds. The van der Waals surface area contributed by atoms with Gasteiger partial charge in [-0.3, -0.25) is 4.79 Å². The lowest BCUT2D eigenvalue weighted by atomic mass is 9.84. The smallest absolute Gasteiger partial charge is 0.227 e. The Morgan fingerprint density at radius 1 is 1.19 bits per heavy atom. The molecule has 0 spiro atoms. The van der Waals surface area contributed by atoms with Crippen molar-refractivity contribution in [2.24, 2.45) is 11.8 Å². The maximum atomic E-state index is 12.3. The summed E-state index contributed by atoms with van der Waals surface area (Å²) in [5.41, 5.74) is 2.28. The van der Waals surface area contributed by atoms with E-state index in [1.807, 2.05) is 13.0 Å². The molecule has 1 N–H and O–H groups in total. The number of carbonyl (C=O) groups is 1. The number of likely N-dealkylation sites (tertiary alicyclic amines) is 1. The molecule has 1 saturated heterocycles. The fraction of sp³-hybridized carbons (Fsp3) is 0.708. The normalized spacial score (nSPS) is 30.3. The zero-order valence-corrected chi connectivity index (χ0v) is 18.7. The summed E-state index contributed by atoms with van der Waals surface area (Å²) in [5.74, 6) is 3.23. The Bertz CT molecular complexity index is 914. The molecule has 7 heteroatoms. The van der Waals surface area contributed by atoms with Gasteiger partial charge in [-0.15, -0.1) is 0 Å². The number of piperidine rings is 1. The molecule has 5 rings (SSSR count). The summed E-state index contributed by atoms with van der Waals surface area (Å²) >= 11 is 0. The monoisotopic (exact) mass is 426 g/mol. The minimum absolute atomic E-state index is 0.0419. The molecule has 31 heavy (non-hydrogen) atoms. The highest BCUT2D eigenvalue weighted by molar-refractivity contribution is 5.78. The van der Waals surface area contributed by atoms with E-state index in [0.717, 1.165) is 49.1 Å². The molecule has 7 nitrogen and oxygen atoms in total. The van der Waals surface area contributed by atoms with E-state index in [2.05, 4.69) is 33.5 Å². The van der Waals surface area contributed by atoms with Gasteiger partial charge in [-0.05, 0) is 63.8 Å². The van der Waals surface area contributed by atoms with Crippen LogP contribution >= 0.6 is 0 Å². The molecular formula is C24H34N4O3. The average Bonchev–Trinajstić information content (AvgIpc) is 3.17. The molecule has 3 aliphatic rings. The number of rotatable bonds is 8.